The first-order valence-corrected chi connectivity index (χ1v) is 7.95. The van der Waals surface area contributed by atoms with Crippen LogP contribution in [0.2, 0.25) is 0 Å². The molecular formula is C17H17N5O2. The highest BCUT2D eigenvalue weighted by Gasteiger charge is 2.24. The number of aromatic nitrogens is 4. The number of aromatic carboxylic acids is 1. The molecule has 1 aliphatic rings. The van der Waals surface area contributed by atoms with E-state index in [1.807, 2.05) is 24.3 Å². The van der Waals surface area contributed by atoms with E-state index in [-0.39, 0.29) is 5.69 Å². The van der Waals surface area contributed by atoms with Crippen molar-refractivity contribution >= 4 is 22.8 Å². The van der Waals surface area contributed by atoms with Crippen molar-refractivity contribution in [2.24, 2.45) is 0 Å². The lowest BCUT2D eigenvalue weighted by Crippen LogP contribution is -2.34. The van der Waals surface area contributed by atoms with Gasteiger partial charge >= 0.3 is 5.97 Å². The van der Waals surface area contributed by atoms with Crippen LogP contribution in [0.15, 0.2) is 36.7 Å². The predicted molar refractivity (Wildman–Crippen MR) is 89.3 cm³/mol. The van der Waals surface area contributed by atoms with Crippen LogP contribution in [0.25, 0.3) is 11.0 Å². The number of H-pyrrole nitrogens is 1. The molecule has 0 amide bonds. The molecule has 1 fully saturated rings. The summed E-state index contributed by atoms with van der Waals surface area (Å²) in [6, 6.07) is 8.06. The summed E-state index contributed by atoms with van der Waals surface area (Å²) in [5, 5.41) is 8.88. The topological polar surface area (TPSA) is 95.0 Å². The molecule has 0 radical (unpaired) electrons. The van der Waals surface area contributed by atoms with Gasteiger partial charge in [-0.2, -0.15) is 0 Å². The van der Waals surface area contributed by atoms with Crippen LogP contribution in [-0.4, -0.2) is 44.1 Å². The number of para-hydroxylation sites is 2. The third-order valence-corrected chi connectivity index (χ3v) is 4.47. The average Bonchev–Trinajstić information content (AvgIpc) is 3.06. The van der Waals surface area contributed by atoms with Crippen LogP contribution in [0, 0.1) is 0 Å². The third-order valence-electron chi connectivity index (χ3n) is 4.47. The third kappa shape index (κ3) is 2.68. The summed E-state index contributed by atoms with van der Waals surface area (Å²) in [6.45, 7) is 1.70. The first-order chi connectivity index (χ1) is 11.7. The zero-order valence-corrected chi connectivity index (χ0v) is 13.0. The number of rotatable bonds is 3. The Bertz CT molecular complexity index is 833. The Balaban J connectivity index is 1.45. The molecular weight excluding hydrogens is 306 g/mol. The maximum Gasteiger partial charge on any atom is 0.356 e. The fourth-order valence-corrected chi connectivity index (χ4v) is 3.14. The van der Waals surface area contributed by atoms with Crippen molar-refractivity contribution in [3.8, 4) is 0 Å². The largest absolute Gasteiger partial charge is 0.476 e. The van der Waals surface area contributed by atoms with Crippen molar-refractivity contribution in [3.63, 3.8) is 0 Å². The minimum absolute atomic E-state index is 0.0316. The second-order valence-corrected chi connectivity index (χ2v) is 5.97. The lowest BCUT2D eigenvalue weighted by atomic mass is 9.96. The summed E-state index contributed by atoms with van der Waals surface area (Å²) in [7, 11) is 0. The number of imidazole rings is 1. The van der Waals surface area contributed by atoms with Crippen molar-refractivity contribution < 1.29 is 9.90 Å². The van der Waals surface area contributed by atoms with Gasteiger partial charge in [-0.05, 0) is 25.0 Å². The number of fused-ring (bicyclic) bond motifs is 1. The van der Waals surface area contributed by atoms with E-state index < -0.39 is 5.97 Å². The fraction of sp³-hybridized carbons (Fsp3) is 0.294. The Labute approximate surface area is 138 Å². The van der Waals surface area contributed by atoms with E-state index >= 15 is 0 Å². The number of anilines is 1. The minimum atomic E-state index is -1.06. The SMILES string of the molecule is O=C(O)c1cnc(N2CCC(c3nc4ccccc4[nH]3)CC2)cn1. The van der Waals surface area contributed by atoms with Crippen LogP contribution in [0.5, 0.6) is 0 Å². The molecule has 24 heavy (non-hydrogen) atoms. The molecule has 3 heterocycles. The molecule has 122 valence electrons. The van der Waals surface area contributed by atoms with Crippen molar-refractivity contribution in [1.82, 2.24) is 19.9 Å². The van der Waals surface area contributed by atoms with E-state index in [0.717, 1.165) is 48.6 Å². The fourth-order valence-electron chi connectivity index (χ4n) is 3.14. The van der Waals surface area contributed by atoms with Gasteiger partial charge in [-0.25, -0.2) is 19.7 Å². The smallest absolute Gasteiger partial charge is 0.356 e. The van der Waals surface area contributed by atoms with Crippen LogP contribution in [0.3, 0.4) is 0 Å². The number of hydrogen-bond donors (Lipinski definition) is 2. The van der Waals surface area contributed by atoms with E-state index in [1.165, 1.54) is 12.4 Å². The van der Waals surface area contributed by atoms with Gasteiger partial charge in [0.1, 0.15) is 11.6 Å². The van der Waals surface area contributed by atoms with Gasteiger partial charge in [0, 0.05) is 19.0 Å². The van der Waals surface area contributed by atoms with Gasteiger partial charge in [0.05, 0.1) is 23.4 Å². The van der Waals surface area contributed by atoms with Crippen LogP contribution >= 0.6 is 0 Å². The quantitative estimate of drug-likeness (QED) is 0.768. The number of benzene rings is 1. The van der Waals surface area contributed by atoms with Gasteiger partial charge in [0.15, 0.2) is 5.69 Å². The Morgan fingerprint density at radius 3 is 2.62 bits per heavy atom. The molecule has 0 unspecified atom stereocenters. The number of nitrogens with zero attached hydrogens (tertiary/aromatic N) is 4. The van der Waals surface area contributed by atoms with Gasteiger partial charge in [0.25, 0.3) is 0 Å². The second kappa shape index (κ2) is 5.92. The molecule has 1 saturated heterocycles. The molecule has 7 nitrogen and oxygen atoms in total. The Morgan fingerprint density at radius 1 is 1.17 bits per heavy atom. The molecule has 3 aromatic rings. The van der Waals surface area contributed by atoms with E-state index in [9.17, 15) is 4.79 Å². The molecule has 0 spiro atoms. The molecule has 2 aromatic heterocycles. The molecule has 1 aliphatic heterocycles. The number of nitrogens with one attached hydrogen (secondary N) is 1. The van der Waals surface area contributed by atoms with E-state index in [1.54, 1.807) is 0 Å². The number of carboxylic acid groups (broad SMARTS) is 1. The summed E-state index contributed by atoms with van der Waals surface area (Å²) in [5.41, 5.74) is 2.05. The average molecular weight is 323 g/mol. The summed E-state index contributed by atoms with van der Waals surface area (Å²) in [6.07, 6.45) is 4.79. The van der Waals surface area contributed by atoms with Gasteiger partial charge < -0.3 is 15.0 Å². The molecule has 0 saturated carbocycles. The second-order valence-electron chi connectivity index (χ2n) is 5.97. The molecule has 0 aliphatic carbocycles. The van der Waals surface area contributed by atoms with E-state index in [0.29, 0.717) is 5.92 Å². The molecule has 4 rings (SSSR count). The van der Waals surface area contributed by atoms with E-state index in [4.69, 9.17) is 10.1 Å². The summed E-state index contributed by atoms with van der Waals surface area (Å²) in [4.78, 5) is 29.2. The zero-order valence-electron chi connectivity index (χ0n) is 13.0. The molecule has 7 heteroatoms. The highest BCUT2D eigenvalue weighted by Crippen LogP contribution is 2.29. The summed E-state index contributed by atoms with van der Waals surface area (Å²) < 4.78 is 0. The standard InChI is InChI=1S/C17H17N5O2/c23-17(24)14-9-19-15(10-18-14)22-7-5-11(6-8-22)16-20-12-3-1-2-4-13(12)21-16/h1-4,9-11H,5-8H2,(H,20,21)(H,23,24). The van der Waals surface area contributed by atoms with Crippen molar-refractivity contribution in [1.29, 1.82) is 0 Å². The lowest BCUT2D eigenvalue weighted by Gasteiger charge is -2.31. The van der Waals surface area contributed by atoms with Gasteiger partial charge in [0.2, 0.25) is 0 Å². The van der Waals surface area contributed by atoms with Crippen molar-refractivity contribution in [2.45, 2.75) is 18.8 Å². The molecule has 2 N–H and O–H groups in total. The van der Waals surface area contributed by atoms with Gasteiger partial charge in [-0.1, -0.05) is 12.1 Å². The van der Waals surface area contributed by atoms with Crippen LogP contribution in [-0.2, 0) is 0 Å². The zero-order chi connectivity index (χ0) is 16.5. The highest BCUT2D eigenvalue weighted by molar-refractivity contribution is 5.84. The normalized spacial score (nSPS) is 15.8. The molecule has 0 atom stereocenters. The number of piperidine rings is 1. The van der Waals surface area contributed by atoms with E-state index in [2.05, 4.69) is 19.9 Å². The highest BCUT2D eigenvalue weighted by atomic mass is 16.4. The number of hydrogen-bond acceptors (Lipinski definition) is 5. The Hall–Kier alpha value is -2.96. The van der Waals surface area contributed by atoms with Crippen LogP contribution in [0.4, 0.5) is 5.82 Å². The Kier molecular flexibility index (Phi) is 3.60. The first kappa shape index (κ1) is 14.6. The maximum absolute atomic E-state index is 10.8. The van der Waals surface area contributed by atoms with Crippen LogP contribution in [0.1, 0.15) is 35.1 Å². The summed E-state index contributed by atoms with van der Waals surface area (Å²) in [5.74, 6) is 1.11. The predicted octanol–water partition coefficient (Wildman–Crippen LogP) is 2.44. The lowest BCUT2D eigenvalue weighted by molar-refractivity contribution is 0.0690. The van der Waals surface area contributed by atoms with Crippen LogP contribution < -0.4 is 4.90 Å². The monoisotopic (exact) mass is 323 g/mol. The summed E-state index contributed by atoms with van der Waals surface area (Å²) >= 11 is 0. The van der Waals surface area contributed by atoms with Crippen molar-refractivity contribution in [3.05, 3.63) is 48.2 Å². The maximum atomic E-state index is 10.8. The first-order valence-electron chi connectivity index (χ1n) is 7.95. The molecule has 1 aromatic carbocycles. The van der Waals surface area contributed by atoms with Crippen molar-refractivity contribution in [2.75, 3.05) is 18.0 Å². The van der Waals surface area contributed by atoms with Gasteiger partial charge in [-0.3, -0.25) is 0 Å². The minimum Gasteiger partial charge on any atom is -0.476 e. The number of carboxylic acids is 1. The Morgan fingerprint density at radius 2 is 1.96 bits per heavy atom. The molecule has 0 bridgehead atoms. The number of aromatic amines is 1. The van der Waals surface area contributed by atoms with Gasteiger partial charge in [-0.15, -0.1) is 0 Å². The number of carbonyl (C=O) groups is 1.